The molecule has 0 aliphatic carbocycles. The van der Waals surface area contributed by atoms with Gasteiger partial charge in [-0.1, -0.05) is 12.1 Å². The number of hydrogen-bond donors (Lipinski definition) is 2. The molecule has 2 N–H and O–H groups in total. The second-order valence-corrected chi connectivity index (χ2v) is 5.77. The van der Waals surface area contributed by atoms with Crippen LogP contribution >= 0.6 is 11.3 Å². The van der Waals surface area contributed by atoms with Gasteiger partial charge in [-0.25, -0.2) is 9.18 Å². The minimum absolute atomic E-state index is 0.222. The highest BCUT2D eigenvalue weighted by molar-refractivity contribution is 7.12. The number of thiophene rings is 1. The normalized spacial score (nSPS) is 11.6. The number of ether oxygens (including phenoxy) is 1. The summed E-state index contributed by atoms with van der Waals surface area (Å²) in [4.78, 5) is 35.3. The number of anilines is 1. The van der Waals surface area contributed by atoms with Crippen molar-refractivity contribution in [1.82, 2.24) is 0 Å². The third kappa shape index (κ3) is 4.17. The molecule has 0 aliphatic rings. The number of amides is 1. The Kier molecular flexibility index (Phi) is 5.64. The molecular formula is C16H14FNO5S. The van der Waals surface area contributed by atoms with Crippen molar-refractivity contribution >= 4 is 34.9 Å². The van der Waals surface area contributed by atoms with Gasteiger partial charge in [-0.3, -0.25) is 9.59 Å². The minimum Gasteiger partial charge on any atom is -0.481 e. The van der Waals surface area contributed by atoms with E-state index in [0.29, 0.717) is 5.56 Å². The Morgan fingerprint density at radius 1 is 1.25 bits per heavy atom. The highest BCUT2D eigenvalue weighted by atomic mass is 32.1. The lowest BCUT2D eigenvalue weighted by Gasteiger charge is -2.13. The molecule has 0 saturated heterocycles. The van der Waals surface area contributed by atoms with Gasteiger partial charge in [-0.2, -0.15) is 0 Å². The van der Waals surface area contributed by atoms with Crippen LogP contribution in [-0.4, -0.2) is 30.1 Å². The van der Waals surface area contributed by atoms with E-state index >= 15 is 0 Å². The summed E-state index contributed by atoms with van der Waals surface area (Å²) >= 11 is 1.10. The fraction of sp³-hybridized carbons (Fsp3) is 0.188. The van der Waals surface area contributed by atoms with E-state index in [4.69, 9.17) is 0 Å². The van der Waals surface area contributed by atoms with Crippen molar-refractivity contribution in [3.8, 4) is 0 Å². The maximum atomic E-state index is 13.0. The standard InChI is InChI=1S/C16H14FNO5S/c1-23-16(22)14-12(6-7-24-14)18-13(19)8-11(15(20)21)9-2-4-10(17)5-3-9/h2-7,11H,8H2,1H3,(H,18,19)(H,20,21)/t11-/m1/s1. The topological polar surface area (TPSA) is 92.7 Å². The molecule has 1 aromatic carbocycles. The molecule has 1 heterocycles. The first-order valence-corrected chi connectivity index (χ1v) is 7.74. The monoisotopic (exact) mass is 351 g/mol. The molecule has 6 nitrogen and oxygen atoms in total. The second kappa shape index (κ2) is 7.69. The molecule has 0 radical (unpaired) electrons. The van der Waals surface area contributed by atoms with E-state index in [-0.39, 0.29) is 17.0 Å². The first-order chi connectivity index (χ1) is 11.4. The molecule has 0 unspecified atom stereocenters. The summed E-state index contributed by atoms with van der Waals surface area (Å²) in [7, 11) is 1.22. The molecule has 2 rings (SSSR count). The maximum absolute atomic E-state index is 13.0. The van der Waals surface area contributed by atoms with Gasteiger partial charge in [0.15, 0.2) is 0 Å². The fourth-order valence-corrected chi connectivity index (χ4v) is 2.85. The van der Waals surface area contributed by atoms with Crippen molar-refractivity contribution in [1.29, 1.82) is 0 Å². The number of aliphatic carboxylic acids is 1. The first kappa shape index (κ1) is 17.6. The Bertz CT molecular complexity index is 756. The Hall–Kier alpha value is -2.74. The summed E-state index contributed by atoms with van der Waals surface area (Å²) in [6.07, 6.45) is -0.350. The number of hydrogen-bond acceptors (Lipinski definition) is 5. The second-order valence-electron chi connectivity index (χ2n) is 4.85. The Labute approximate surface area is 140 Å². The lowest BCUT2D eigenvalue weighted by atomic mass is 9.95. The zero-order chi connectivity index (χ0) is 17.7. The van der Waals surface area contributed by atoms with E-state index in [1.807, 2.05) is 0 Å². The number of benzene rings is 1. The van der Waals surface area contributed by atoms with Gasteiger partial charge >= 0.3 is 11.9 Å². The summed E-state index contributed by atoms with van der Waals surface area (Å²) in [5.41, 5.74) is 0.581. The lowest BCUT2D eigenvalue weighted by molar-refractivity contribution is -0.140. The molecule has 0 aliphatic heterocycles. The fourth-order valence-electron chi connectivity index (χ4n) is 2.09. The van der Waals surface area contributed by atoms with E-state index in [1.54, 1.807) is 5.38 Å². The molecule has 1 atom stereocenters. The average Bonchev–Trinajstić information content (AvgIpc) is 3.00. The van der Waals surface area contributed by atoms with Gasteiger partial charge in [0.2, 0.25) is 5.91 Å². The van der Waals surface area contributed by atoms with Gasteiger partial charge < -0.3 is 15.2 Å². The molecule has 0 spiro atoms. The number of rotatable bonds is 6. The van der Waals surface area contributed by atoms with Crippen LogP contribution in [-0.2, 0) is 14.3 Å². The predicted octanol–water partition coefficient (Wildman–Crippen LogP) is 2.87. The first-order valence-electron chi connectivity index (χ1n) is 6.86. The van der Waals surface area contributed by atoms with Crippen molar-refractivity contribution < 1.29 is 28.6 Å². The molecule has 0 fully saturated rings. The van der Waals surface area contributed by atoms with Gasteiger partial charge in [0.25, 0.3) is 0 Å². The van der Waals surface area contributed by atoms with Crippen LogP contribution in [0, 0.1) is 5.82 Å². The van der Waals surface area contributed by atoms with E-state index < -0.39 is 29.6 Å². The quantitative estimate of drug-likeness (QED) is 0.781. The number of carbonyl (C=O) groups is 3. The number of carboxylic acid groups (broad SMARTS) is 1. The summed E-state index contributed by atoms with van der Waals surface area (Å²) < 4.78 is 17.6. The van der Waals surface area contributed by atoms with Crippen LogP contribution in [0.15, 0.2) is 35.7 Å². The van der Waals surface area contributed by atoms with E-state index in [0.717, 1.165) is 23.5 Å². The number of esters is 1. The van der Waals surface area contributed by atoms with Crippen molar-refractivity contribution in [2.24, 2.45) is 0 Å². The van der Waals surface area contributed by atoms with Crippen molar-refractivity contribution in [3.63, 3.8) is 0 Å². The molecule has 126 valence electrons. The predicted molar refractivity (Wildman–Crippen MR) is 85.7 cm³/mol. The molecule has 24 heavy (non-hydrogen) atoms. The van der Waals surface area contributed by atoms with Crippen LogP contribution < -0.4 is 5.32 Å². The Balaban J connectivity index is 2.12. The SMILES string of the molecule is COC(=O)c1sccc1NC(=O)C[C@@H](C(=O)O)c1ccc(F)cc1. The number of methoxy groups -OCH3 is 1. The molecule has 2 aromatic rings. The maximum Gasteiger partial charge on any atom is 0.350 e. The number of carbonyl (C=O) groups excluding carboxylic acids is 2. The van der Waals surface area contributed by atoms with Crippen molar-refractivity contribution in [2.45, 2.75) is 12.3 Å². The molecule has 8 heteroatoms. The van der Waals surface area contributed by atoms with E-state index in [2.05, 4.69) is 10.1 Å². The van der Waals surface area contributed by atoms with Gasteiger partial charge in [0.1, 0.15) is 10.7 Å². The molecule has 0 saturated carbocycles. The zero-order valence-electron chi connectivity index (χ0n) is 12.6. The van der Waals surface area contributed by atoms with Crippen molar-refractivity contribution in [2.75, 3.05) is 12.4 Å². The highest BCUT2D eigenvalue weighted by Gasteiger charge is 2.24. The lowest BCUT2D eigenvalue weighted by Crippen LogP contribution is -2.21. The average molecular weight is 351 g/mol. The van der Waals surface area contributed by atoms with Crippen LogP contribution in [0.2, 0.25) is 0 Å². The van der Waals surface area contributed by atoms with Crippen LogP contribution in [0.5, 0.6) is 0 Å². The number of carboxylic acids is 1. The van der Waals surface area contributed by atoms with Crippen LogP contribution in [0.1, 0.15) is 27.6 Å². The molecule has 1 aromatic heterocycles. The van der Waals surface area contributed by atoms with Crippen LogP contribution in [0.4, 0.5) is 10.1 Å². The van der Waals surface area contributed by atoms with Gasteiger partial charge in [0.05, 0.1) is 18.7 Å². The summed E-state index contributed by atoms with van der Waals surface area (Å²) in [6, 6.07) is 6.45. The third-order valence-corrected chi connectivity index (χ3v) is 4.16. The molecule has 1 amide bonds. The third-order valence-electron chi connectivity index (χ3n) is 3.27. The Morgan fingerprint density at radius 3 is 2.50 bits per heavy atom. The van der Waals surface area contributed by atoms with Gasteiger partial charge in [-0.15, -0.1) is 11.3 Å². The smallest absolute Gasteiger partial charge is 0.350 e. The number of nitrogens with one attached hydrogen (secondary N) is 1. The summed E-state index contributed by atoms with van der Waals surface area (Å²) in [5.74, 6) is -3.97. The number of halogens is 1. The van der Waals surface area contributed by atoms with Gasteiger partial charge in [-0.05, 0) is 29.1 Å². The Morgan fingerprint density at radius 2 is 1.92 bits per heavy atom. The highest BCUT2D eigenvalue weighted by Crippen LogP contribution is 2.25. The van der Waals surface area contributed by atoms with E-state index in [9.17, 15) is 23.9 Å². The molecule has 0 bridgehead atoms. The largest absolute Gasteiger partial charge is 0.481 e. The van der Waals surface area contributed by atoms with Crippen LogP contribution in [0.25, 0.3) is 0 Å². The van der Waals surface area contributed by atoms with Crippen molar-refractivity contribution in [3.05, 3.63) is 52.0 Å². The summed E-state index contributed by atoms with van der Waals surface area (Å²) in [5, 5.41) is 13.4. The zero-order valence-corrected chi connectivity index (χ0v) is 13.4. The van der Waals surface area contributed by atoms with Crippen LogP contribution in [0.3, 0.4) is 0 Å². The van der Waals surface area contributed by atoms with Gasteiger partial charge in [0, 0.05) is 6.42 Å². The van der Waals surface area contributed by atoms with E-state index in [1.165, 1.54) is 25.3 Å². The molecular weight excluding hydrogens is 337 g/mol. The minimum atomic E-state index is -1.20. The summed E-state index contributed by atoms with van der Waals surface area (Å²) in [6.45, 7) is 0.